The number of carbonyl (C=O) groups is 2. The molecule has 1 amide bonds. The molecule has 2 rings (SSSR count). The second-order valence-electron chi connectivity index (χ2n) is 5.38. The Kier molecular flexibility index (Phi) is 4.34. The Hall–Kier alpha value is -2.16. The molecule has 126 valence electrons. The van der Waals surface area contributed by atoms with Gasteiger partial charge >= 0.3 is 5.97 Å². The predicted molar refractivity (Wildman–Crippen MR) is 78.1 cm³/mol. The van der Waals surface area contributed by atoms with Crippen LogP contribution in [0, 0.1) is 0 Å². The van der Waals surface area contributed by atoms with E-state index in [9.17, 15) is 22.4 Å². The number of carbonyl (C=O) groups excluding carboxylic acids is 1. The molecule has 1 heterocycles. The summed E-state index contributed by atoms with van der Waals surface area (Å²) in [7, 11) is -2.23. The van der Waals surface area contributed by atoms with Crippen molar-refractivity contribution in [3.05, 3.63) is 23.8 Å². The fourth-order valence-electron chi connectivity index (χ4n) is 2.38. The van der Waals surface area contributed by atoms with Gasteiger partial charge in [0.25, 0.3) is 5.91 Å². The van der Waals surface area contributed by atoms with Crippen molar-refractivity contribution in [1.29, 1.82) is 0 Å². The molecule has 1 saturated heterocycles. The summed E-state index contributed by atoms with van der Waals surface area (Å²) in [6.07, 6.45) is 0.679. The van der Waals surface area contributed by atoms with Crippen LogP contribution in [0.3, 0.4) is 0 Å². The molecule has 1 aliphatic heterocycles. The van der Waals surface area contributed by atoms with E-state index in [1.165, 1.54) is 19.2 Å². The molecule has 9 heteroatoms. The zero-order valence-corrected chi connectivity index (χ0v) is 13.4. The van der Waals surface area contributed by atoms with Gasteiger partial charge in [0, 0.05) is 19.2 Å². The first-order valence-electron chi connectivity index (χ1n) is 6.68. The van der Waals surface area contributed by atoms with Gasteiger partial charge in [0.15, 0.2) is 9.84 Å². The number of carboxylic acid groups (broad SMARTS) is 1. The molecule has 1 atom stereocenters. The highest BCUT2D eigenvalue weighted by atomic mass is 32.2. The number of hydrogen-bond donors (Lipinski definition) is 1. The van der Waals surface area contributed by atoms with Crippen LogP contribution in [0.2, 0.25) is 0 Å². The number of carboxylic acids is 1. The number of ether oxygens (including phenoxy) is 1. The third-order valence-corrected chi connectivity index (χ3v) is 4.83. The van der Waals surface area contributed by atoms with Crippen LogP contribution in [-0.4, -0.2) is 62.4 Å². The van der Waals surface area contributed by atoms with E-state index in [1.54, 1.807) is 0 Å². The van der Waals surface area contributed by atoms with E-state index < -0.39 is 33.9 Å². The van der Waals surface area contributed by atoms with Crippen molar-refractivity contribution in [3.8, 4) is 5.75 Å². The number of nitrogens with zero attached hydrogens (tertiary/aromatic N) is 1. The monoisotopic (exact) mass is 345 g/mol. The van der Waals surface area contributed by atoms with E-state index in [0.717, 1.165) is 17.2 Å². The van der Waals surface area contributed by atoms with Crippen LogP contribution < -0.4 is 4.74 Å². The largest absolute Gasteiger partial charge is 0.496 e. The van der Waals surface area contributed by atoms with Crippen molar-refractivity contribution < 1.29 is 32.2 Å². The van der Waals surface area contributed by atoms with Crippen LogP contribution >= 0.6 is 0 Å². The Morgan fingerprint density at radius 1 is 1.39 bits per heavy atom. The highest BCUT2D eigenvalue weighted by Gasteiger charge is 2.47. The Bertz CT molecular complexity index is 763. The average Bonchev–Trinajstić information content (AvgIpc) is 2.89. The standard InChI is InChI=1S/C14H16FNO6S/c1-22-11-4-3-9(23(2,20)21)7-10(11)12(17)16-6-5-14(15,8-16)13(18)19/h3-4,7H,5-6,8H2,1-2H3,(H,18,19). The number of likely N-dealkylation sites (tertiary alicyclic amines) is 1. The van der Waals surface area contributed by atoms with Crippen LogP contribution in [0.4, 0.5) is 4.39 Å². The Balaban J connectivity index is 2.38. The minimum Gasteiger partial charge on any atom is -0.496 e. The number of methoxy groups -OCH3 is 1. The van der Waals surface area contributed by atoms with Crippen LogP contribution in [0.25, 0.3) is 0 Å². The smallest absolute Gasteiger partial charge is 0.343 e. The summed E-state index contributed by atoms with van der Waals surface area (Å²) >= 11 is 0. The summed E-state index contributed by atoms with van der Waals surface area (Å²) in [6.45, 7) is -0.665. The van der Waals surface area contributed by atoms with Crippen molar-refractivity contribution in [1.82, 2.24) is 4.90 Å². The zero-order chi connectivity index (χ0) is 17.4. The van der Waals surface area contributed by atoms with Crippen LogP contribution in [0.5, 0.6) is 5.75 Å². The second-order valence-corrected chi connectivity index (χ2v) is 7.40. The number of aliphatic carboxylic acids is 1. The summed E-state index contributed by atoms with van der Waals surface area (Å²) < 4.78 is 42.4. The maximum Gasteiger partial charge on any atom is 0.343 e. The van der Waals surface area contributed by atoms with Crippen molar-refractivity contribution >= 4 is 21.7 Å². The quantitative estimate of drug-likeness (QED) is 0.864. The van der Waals surface area contributed by atoms with Crippen LogP contribution in [0.15, 0.2) is 23.1 Å². The third kappa shape index (κ3) is 3.29. The van der Waals surface area contributed by atoms with Gasteiger partial charge in [-0.25, -0.2) is 17.6 Å². The number of halogens is 1. The van der Waals surface area contributed by atoms with E-state index in [2.05, 4.69) is 0 Å². The number of sulfone groups is 1. The lowest BCUT2D eigenvalue weighted by Crippen LogP contribution is -2.39. The molecule has 1 fully saturated rings. The van der Waals surface area contributed by atoms with Gasteiger partial charge in [0.1, 0.15) is 5.75 Å². The SMILES string of the molecule is COc1ccc(S(C)(=O)=O)cc1C(=O)N1CCC(F)(C(=O)O)C1. The summed E-state index contributed by atoms with van der Waals surface area (Å²) in [5.41, 5.74) is -2.54. The predicted octanol–water partition coefficient (Wildman–Crippen LogP) is 0.738. The summed E-state index contributed by atoms with van der Waals surface area (Å²) in [6, 6.07) is 3.78. The molecule has 23 heavy (non-hydrogen) atoms. The highest BCUT2D eigenvalue weighted by Crippen LogP contribution is 2.30. The fraction of sp³-hybridized carbons (Fsp3) is 0.429. The Morgan fingerprint density at radius 2 is 2.04 bits per heavy atom. The molecule has 0 saturated carbocycles. The van der Waals surface area contributed by atoms with Crippen molar-refractivity contribution in [2.24, 2.45) is 0 Å². The molecule has 1 N–H and O–H groups in total. The molecular weight excluding hydrogens is 329 g/mol. The first-order valence-corrected chi connectivity index (χ1v) is 8.57. The minimum atomic E-state index is -3.54. The Labute approximate surface area is 132 Å². The maximum atomic E-state index is 14.1. The topological polar surface area (TPSA) is 101 Å². The first kappa shape index (κ1) is 17.2. The van der Waals surface area contributed by atoms with E-state index >= 15 is 0 Å². The molecule has 1 unspecified atom stereocenters. The normalized spacial score (nSPS) is 21.3. The molecular formula is C14H16FNO6S. The van der Waals surface area contributed by atoms with E-state index in [1.807, 2.05) is 0 Å². The lowest BCUT2D eigenvalue weighted by molar-refractivity contribution is -0.149. The third-order valence-electron chi connectivity index (χ3n) is 3.72. The number of alkyl halides is 1. The van der Waals surface area contributed by atoms with Crippen molar-refractivity contribution in [2.45, 2.75) is 17.0 Å². The van der Waals surface area contributed by atoms with E-state index in [0.29, 0.717) is 0 Å². The zero-order valence-electron chi connectivity index (χ0n) is 12.6. The van der Waals surface area contributed by atoms with Crippen LogP contribution in [-0.2, 0) is 14.6 Å². The van der Waals surface area contributed by atoms with Gasteiger partial charge in [-0.2, -0.15) is 0 Å². The van der Waals surface area contributed by atoms with Gasteiger partial charge in [-0.3, -0.25) is 4.79 Å². The van der Waals surface area contributed by atoms with Gasteiger partial charge in [0.2, 0.25) is 5.67 Å². The minimum absolute atomic E-state index is 0.0509. The lowest BCUT2D eigenvalue weighted by Gasteiger charge is -2.19. The number of benzene rings is 1. The van der Waals surface area contributed by atoms with Crippen LogP contribution in [0.1, 0.15) is 16.8 Å². The summed E-state index contributed by atoms with van der Waals surface area (Å²) in [5, 5.41) is 8.88. The number of rotatable bonds is 4. The molecule has 1 aliphatic rings. The Morgan fingerprint density at radius 3 is 2.52 bits per heavy atom. The fourth-order valence-corrected chi connectivity index (χ4v) is 3.02. The molecule has 0 radical (unpaired) electrons. The second kappa shape index (κ2) is 5.80. The first-order chi connectivity index (χ1) is 10.6. The molecule has 1 aromatic carbocycles. The lowest BCUT2D eigenvalue weighted by atomic mass is 10.1. The molecule has 0 bridgehead atoms. The van der Waals surface area contributed by atoms with Gasteiger partial charge in [-0.05, 0) is 18.2 Å². The number of amides is 1. The van der Waals surface area contributed by atoms with E-state index in [-0.39, 0.29) is 29.2 Å². The molecule has 0 aromatic heterocycles. The van der Waals surface area contributed by atoms with Crippen molar-refractivity contribution in [3.63, 3.8) is 0 Å². The van der Waals surface area contributed by atoms with E-state index in [4.69, 9.17) is 9.84 Å². The number of hydrogen-bond acceptors (Lipinski definition) is 5. The summed E-state index contributed by atoms with van der Waals surface area (Å²) in [5.74, 6) is -2.16. The van der Waals surface area contributed by atoms with Gasteiger partial charge in [-0.1, -0.05) is 0 Å². The molecule has 7 nitrogen and oxygen atoms in total. The average molecular weight is 345 g/mol. The van der Waals surface area contributed by atoms with Crippen molar-refractivity contribution in [2.75, 3.05) is 26.5 Å². The highest BCUT2D eigenvalue weighted by molar-refractivity contribution is 7.90. The molecule has 0 spiro atoms. The van der Waals surface area contributed by atoms with Gasteiger partial charge in [0.05, 0.1) is 24.1 Å². The van der Waals surface area contributed by atoms with Gasteiger partial charge in [-0.15, -0.1) is 0 Å². The molecule has 1 aromatic rings. The molecule has 0 aliphatic carbocycles. The summed E-state index contributed by atoms with van der Waals surface area (Å²) in [4.78, 5) is 24.4. The maximum absolute atomic E-state index is 14.1. The van der Waals surface area contributed by atoms with Gasteiger partial charge < -0.3 is 14.7 Å².